The molecule has 116 valence electrons. The normalized spacial score (nSPS) is 12.0. The van der Waals surface area contributed by atoms with Crippen LogP contribution in [0.2, 0.25) is 0 Å². The molecule has 1 aliphatic rings. The molecule has 0 spiro atoms. The number of carbonyl (C=O) groups excluding carboxylic acids is 2. The number of fused-ring (bicyclic) bond motifs is 3. The predicted molar refractivity (Wildman–Crippen MR) is 86.1 cm³/mol. The summed E-state index contributed by atoms with van der Waals surface area (Å²) in [7, 11) is 0. The molecule has 0 heterocycles. The average molecular weight is 351 g/mol. The van der Waals surface area contributed by atoms with Crippen molar-refractivity contribution in [3.63, 3.8) is 0 Å². The molecule has 0 saturated heterocycles. The minimum absolute atomic E-state index is 0.169. The molecule has 8 heteroatoms. The number of hydrogen-bond acceptors (Lipinski definition) is 4. The Hall–Kier alpha value is -2.44. The molecule has 0 unspecified atom stereocenters. The molecule has 6 nitrogen and oxygen atoms in total. The number of nitrogens with zero attached hydrogens (tertiary/aromatic N) is 1. The van der Waals surface area contributed by atoms with Crippen molar-refractivity contribution in [1.82, 2.24) is 0 Å². The van der Waals surface area contributed by atoms with Crippen LogP contribution >= 0.6 is 23.2 Å². The molecule has 23 heavy (non-hydrogen) atoms. The Kier molecular flexibility index (Phi) is 3.79. The second kappa shape index (κ2) is 5.64. The molecule has 0 aromatic heterocycles. The van der Waals surface area contributed by atoms with Gasteiger partial charge in [-0.3, -0.25) is 19.7 Å². The van der Waals surface area contributed by atoms with E-state index in [1.807, 2.05) is 0 Å². The van der Waals surface area contributed by atoms with Gasteiger partial charge in [0, 0.05) is 34.5 Å². The molecule has 0 bridgehead atoms. The van der Waals surface area contributed by atoms with E-state index >= 15 is 0 Å². The van der Waals surface area contributed by atoms with Crippen molar-refractivity contribution < 1.29 is 14.5 Å². The van der Waals surface area contributed by atoms with Gasteiger partial charge in [0.25, 0.3) is 11.6 Å². The number of anilines is 1. The summed E-state index contributed by atoms with van der Waals surface area (Å²) in [5, 5.41) is 13.4. The summed E-state index contributed by atoms with van der Waals surface area (Å²) in [5.41, 5.74) is 1.82. The molecule has 2 aromatic carbocycles. The molecule has 3 rings (SSSR count). The number of nitro benzene ring substituents is 1. The van der Waals surface area contributed by atoms with Crippen molar-refractivity contribution in [1.29, 1.82) is 0 Å². The lowest BCUT2D eigenvalue weighted by atomic mass is 10.0. The third-order valence-electron chi connectivity index (χ3n) is 3.49. The summed E-state index contributed by atoms with van der Waals surface area (Å²) in [6.07, 6.45) is 0. The van der Waals surface area contributed by atoms with Crippen LogP contribution in [0.5, 0.6) is 0 Å². The maximum Gasteiger partial charge on any atom is 0.270 e. The topological polar surface area (TPSA) is 89.3 Å². The van der Waals surface area contributed by atoms with Gasteiger partial charge in [-0.1, -0.05) is 35.3 Å². The van der Waals surface area contributed by atoms with E-state index in [1.54, 1.807) is 18.2 Å². The maximum absolute atomic E-state index is 12.4. The van der Waals surface area contributed by atoms with Crippen molar-refractivity contribution in [3.05, 3.63) is 57.6 Å². The zero-order chi connectivity index (χ0) is 16.7. The highest BCUT2D eigenvalue weighted by Crippen LogP contribution is 2.42. The Balaban J connectivity index is 2.14. The first kappa shape index (κ1) is 15.5. The number of benzene rings is 2. The van der Waals surface area contributed by atoms with Crippen LogP contribution in [0.4, 0.5) is 11.4 Å². The first-order valence-corrected chi connectivity index (χ1v) is 7.33. The summed E-state index contributed by atoms with van der Waals surface area (Å²) in [6.45, 7) is 0. The van der Waals surface area contributed by atoms with Gasteiger partial charge in [0.05, 0.1) is 4.92 Å². The van der Waals surface area contributed by atoms with Gasteiger partial charge in [-0.05, 0) is 17.7 Å². The van der Waals surface area contributed by atoms with Gasteiger partial charge in [0.2, 0.25) is 0 Å². The van der Waals surface area contributed by atoms with Crippen molar-refractivity contribution in [2.24, 2.45) is 0 Å². The molecule has 1 N–H and O–H groups in total. The highest BCUT2D eigenvalue weighted by atomic mass is 35.5. The van der Waals surface area contributed by atoms with Crippen molar-refractivity contribution in [3.8, 4) is 11.1 Å². The zero-order valence-electron chi connectivity index (χ0n) is 11.4. The van der Waals surface area contributed by atoms with E-state index in [0.29, 0.717) is 22.4 Å². The Morgan fingerprint density at radius 1 is 1.13 bits per heavy atom. The number of amides is 1. The van der Waals surface area contributed by atoms with Gasteiger partial charge >= 0.3 is 0 Å². The summed E-state index contributed by atoms with van der Waals surface area (Å²) in [5.74, 6) is -0.951. The number of halogens is 2. The fourth-order valence-electron chi connectivity index (χ4n) is 2.52. The summed E-state index contributed by atoms with van der Waals surface area (Å²) < 4.78 is 0. The van der Waals surface area contributed by atoms with Crippen LogP contribution in [0, 0.1) is 10.1 Å². The van der Waals surface area contributed by atoms with Gasteiger partial charge in [-0.15, -0.1) is 0 Å². The van der Waals surface area contributed by atoms with Gasteiger partial charge < -0.3 is 5.32 Å². The Morgan fingerprint density at radius 3 is 2.52 bits per heavy atom. The van der Waals surface area contributed by atoms with Crippen molar-refractivity contribution in [2.75, 3.05) is 5.32 Å². The maximum atomic E-state index is 12.4. The van der Waals surface area contributed by atoms with Gasteiger partial charge in [-0.2, -0.15) is 0 Å². The number of hydrogen-bond donors (Lipinski definition) is 1. The van der Waals surface area contributed by atoms with Crippen LogP contribution in [-0.4, -0.2) is 21.5 Å². The Labute approximate surface area is 140 Å². The van der Waals surface area contributed by atoms with E-state index in [-0.39, 0.29) is 17.0 Å². The quantitative estimate of drug-likeness (QED) is 0.444. The standard InChI is InChI=1S/C15H8Cl2N2O4/c16-14(17)15(21)18-11-3-1-2-9-12(11)8-5-4-7(19(22)23)6-10(8)13(9)20/h1-6,14H,(H,18,21). The second-order valence-corrected chi connectivity index (χ2v) is 5.93. The molecular formula is C15H8Cl2N2O4. The highest BCUT2D eigenvalue weighted by Gasteiger charge is 2.31. The van der Waals surface area contributed by atoms with Crippen LogP contribution in [0.1, 0.15) is 15.9 Å². The molecular weight excluding hydrogens is 343 g/mol. The van der Waals surface area contributed by atoms with Crippen LogP contribution in [-0.2, 0) is 4.79 Å². The molecule has 0 saturated carbocycles. The van der Waals surface area contributed by atoms with E-state index in [9.17, 15) is 19.7 Å². The lowest BCUT2D eigenvalue weighted by molar-refractivity contribution is -0.384. The summed E-state index contributed by atoms with van der Waals surface area (Å²) in [4.78, 5) is 33.2. The molecule has 0 fully saturated rings. The predicted octanol–water partition coefficient (Wildman–Crippen LogP) is 3.55. The van der Waals surface area contributed by atoms with Crippen molar-refractivity contribution in [2.45, 2.75) is 4.84 Å². The SMILES string of the molecule is O=C1c2cc([N+](=O)[O-])ccc2-c2c(NC(=O)C(Cl)Cl)cccc21. The zero-order valence-corrected chi connectivity index (χ0v) is 12.9. The third kappa shape index (κ3) is 2.56. The van der Waals surface area contributed by atoms with Crippen molar-refractivity contribution >= 4 is 46.3 Å². The lowest BCUT2D eigenvalue weighted by Gasteiger charge is -2.10. The number of alkyl halides is 2. The number of nitro groups is 1. The highest BCUT2D eigenvalue weighted by molar-refractivity contribution is 6.54. The van der Waals surface area contributed by atoms with Gasteiger partial charge in [0.15, 0.2) is 10.6 Å². The van der Waals surface area contributed by atoms with Crippen LogP contribution in [0.15, 0.2) is 36.4 Å². The fourth-order valence-corrected chi connectivity index (χ4v) is 2.63. The molecule has 1 amide bonds. The van der Waals surface area contributed by atoms with Crippen LogP contribution < -0.4 is 5.32 Å². The summed E-state index contributed by atoms with van der Waals surface area (Å²) in [6, 6.07) is 8.84. The van der Waals surface area contributed by atoms with E-state index < -0.39 is 15.7 Å². The fraction of sp³-hybridized carbons (Fsp3) is 0.0667. The number of non-ortho nitro benzene ring substituents is 1. The number of ketones is 1. The Morgan fingerprint density at radius 2 is 1.87 bits per heavy atom. The molecule has 2 aromatic rings. The third-order valence-corrected chi connectivity index (χ3v) is 3.89. The Bertz CT molecular complexity index is 865. The molecule has 0 radical (unpaired) electrons. The van der Waals surface area contributed by atoms with Crippen LogP contribution in [0.3, 0.4) is 0 Å². The minimum Gasteiger partial charge on any atom is -0.323 e. The first-order valence-electron chi connectivity index (χ1n) is 6.45. The molecule has 1 aliphatic carbocycles. The largest absolute Gasteiger partial charge is 0.323 e. The second-order valence-electron chi connectivity index (χ2n) is 4.83. The molecule has 0 atom stereocenters. The number of carbonyl (C=O) groups is 2. The number of rotatable bonds is 3. The van der Waals surface area contributed by atoms with E-state index in [2.05, 4.69) is 5.32 Å². The lowest BCUT2D eigenvalue weighted by Crippen LogP contribution is -2.19. The first-order chi connectivity index (χ1) is 10.9. The van der Waals surface area contributed by atoms with Gasteiger partial charge in [-0.25, -0.2) is 0 Å². The number of nitrogens with one attached hydrogen (secondary N) is 1. The van der Waals surface area contributed by atoms with E-state index in [0.717, 1.165) is 0 Å². The minimum atomic E-state index is -1.25. The monoisotopic (exact) mass is 350 g/mol. The van der Waals surface area contributed by atoms with E-state index in [4.69, 9.17) is 23.2 Å². The van der Waals surface area contributed by atoms with Crippen LogP contribution in [0.25, 0.3) is 11.1 Å². The van der Waals surface area contributed by atoms with Gasteiger partial charge in [0.1, 0.15) is 0 Å². The summed E-state index contributed by atoms with van der Waals surface area (Å²) >= 11 is 11.1. The molecule has 0 aliphatic heterocycles. The van der Waals surface area contributed by atoms with E-state index in [1.165, 1.54) is 18.2 Å². The average Bonchev–Trinajstić information content (AvgIpc) is 2.81. The smallest absolute Gasteiger partial charge is 0.270 e.